The van der Waals surface area contributed by atoms with Crippen molar-refractivity contribution in [3.05, 3.63) is 32.2 Å². The van der Waals surface area contributed by atoms with E-state index in [0.717, 1.165) is 36.9 Å². The Morgan fingerprint density at radius 3 is 2.86 bits per heavy atom. The minimum Gasteiger partial charge on any atom is -0.368 e. The van der Waals surface area contributed by atoms with Crippen molar-refractivity contribution in [3.63, 3.8) is 0 Å². The van der Waals surface area contributed by atoms with Crippen LogP contribution in [-0.2, 0) is 11.3 Å². The summed E-state index contributed by atoms with van der Waals surface area (Å²) < 4.78 is 5.88. The van der Waals surface area contributed by atoms with Crippen LogP contribution in [0.2, 0.25) is 0 Å². The van der Waals surface area contributed by atoms with Gasteiger partial charge in [0.1, 0.15) is 11.1 Å². The van der Waals surface area contributed by atoms with Crippen LogP contribution in [0, 0.1) is 6.92 Å². The molecule has 0 spiro atoms. The van der Waals surface area contributed by atoms with Gasteiger partial charge in [0, 0.05) is 42.0 Å². The average molecular weight is 323 g/mol. The van der Waals surface area contributed by atoms with E-state index in [0.29, 0.717) is 5.92 Å². The zero-order valence-corrected chi connectivity index (χ0v) is 14.3. The highest BCUT2D eigenvalue weighted by Gasteiger charge is 2.24. The first-order valence-corrected chi connectivity index (χ1v) is 9.08. The third-order valence-electron chi connectivity index (χ3n) is 3.51. The van der Waals surface area contributed by atoms with Crippen LogP contribution >= 0.6 is 22.7 Å². The lowest BCUT2D eigenvalue weighted by Gasteiger charge is -2.31. The summed E-state index contributed by atoms with van der Waals surface area (Å²) in [5, 5.41) is 6.60. The molecule has 4 nitrogen and oxygen atoms in total. The van der Waals surface area contributed by atoms with Gasteiger partial charge in [-0.3, -0.25) is 4.90 Å². The van der Waals surface area contributed by atoms with Crippen LogP contribution in [0.15, 0.2) is 10.8 Å². The Bertz CT molecular complexity index is 593. The van der Waals surface area contributed by atoms with Crippen LogP contribution in [0.5, 0.6) is 0 Å². The maximum absolute atomic E-state index is 5.88. The largest absolute Gasteiger partial charge is 0.368 e. The molecule has 1 atom stereocenters. The number of morpholine rings is 1. The van der Waals surface area contributed by atoms with E-state index < -0.39 is 0 Å². The number of rotatable bonds is 4. The SMILES string of the molecule is Cc1csc(C2CN(Cc3csc(C(C)C)n3)CCO2)n1. The van der Waals surface area contributed by atoms with Crippen LogP contribution in [-0.4, -0.2) is 34.6 Å². The molecule has 2 aromatic rings. The molecule has 1 aliphatic rings. The van der Waals surface area contributed by atoms with Gasteiger partial charge >= 0.3 is 0 Å². The van der Waals surface area contributed by atoms with Gasteiger partial charge in [0.25, 0.3) is 0 Å². The van der Waals surface area contributed by atoms with E-state index in [1.165, 1.54) is 10.7 Å². The van der Waals surface area contributed by atoms with Crippen LogP contribution in [0.3, 0.4) is 0 Å². The smallest absolute Gasteiger partial charge is 0.123 e. The van der Waals surface area contributed by atoms with Crippen molar-refractivity contribution in [2.45, 2.75) is 39.3 Å². The Labute approximate surface area is 133 Å². The lowest BCUT2D eigenvalue weighted by atomic mass is 10.2. The molecule has 1 unspecified atom stereocenters. The van der Waals surface area contributed by atoms with Gasteiger partial charge in [0.15, 0.2) is 0 Å². The molecule has 21 heavy (non-hydrogen) atoms. The molecule has 2 aromatic heterocycles. The molecule has 3 rings (SSSR count). The van der Waals surface area contributed by atoms with Crippen molar-refractivity contribution in [2.75, 3.05) is 19.7 Å². The number of hydrogen-bond donors (Lipinski definition) is 0. The predicted octanol–water partition coefficient (Wildman–Crippen LogP) is 3.60. The fourth-order valence-electron chi connectivity index (χ4n) is 2.41. The quantitative estimate of drug-likeness (QED) is 0.861. The molecule has 0 amide bonds. The van der Waals surface area contributed by atoms with Crippen LogP contribution < -0.4 is 0 Å². The zero-order valence-electron chi connectivity index (χ0n) is 12.7. The van der Waals surface area contributed by atoms with Crippen molar-refractivity contribution in [1.82, 2.24) is 14.9 Å². The van der Waals surface area contributed by atoms with E-state index >= 15 is 0 Å². The topological polar surface area (TPSA) is 38.2 Å². The van der Waals surface area contributed by atoms with Crippen molar-refractivity contribution >= 4 is 22.7 Å². The molecular formula is C15H21N3OS2. The molecule has 0 N–H and O–H groups in total. The maximum Gasteiger partial charge on any atom is 0.123 e. The van der Waals surface area contributed by atoms with Crippen molar-refractivity contribution in [2.24, 2.45) is 0 Å². The van der Waals surface area contributed by atoms with Gasteiger partial charge in [0.05, 0.1) is 17.3 Å². The molecule has 0 bridgehead atoms. The highest BCUT2D eigenvalue weighted by molar-refractivity contribution is 7.10. The summed E-state index contributed by atoms with van der Waals surface area (Å²) in [6, 6.07) is 0. The Hall–Kier alpha value is -0.820. The highest BCUT2D eigenvalue weighted by atomic mass is 32.1. The monoisotopic (exact) mass is 323 g/mol. The van der Waals surface area contributed by atoms with Gasteiger partial charge in [0.2, 0.25) is 0 Å². The lowest BCUT2D eigenvalue weighted by Crippen LogP contribution is -2.37. The van der Waals surface area contributed by atoms with Gasteiger partial charge in [-0.2, -0.15) is 0 Å². The lowest BCUT2D eigenvalue weighted by molar-refractivity contribution is -0.0333. The number of nitrogens with zero attached hydrogens (tertiary/aromatic N) is 3. The standard InChI is InChI=1S/C15H21N3OS2/c1-10(2)14-17-12(9-21-14)6-18-4-5-19-13(7-18)15-16-11(3)8-20-15/h8-10,13H,4-7H2,1-3H3. The number of thiazole rings is 2. The van der Waals surface area contributed by atoms with E-state index in [1.54, 1.807) is 22.7 Å². The summed E-state index contributed by atoms with van der Waals surface area (Å²) >= 11 is 3.46. The second-order valence-corrected chi connectivity index (χ2v) is 7.53. The number of hydrogen-bond acceptors (Lipinski definition) is 6. The molecule has 114 valence electrons. The summed E-state index contributed by atoms with van der Waals surface area (Å²) in [4.78, 5) is 11.7. The Morgan fingerprint density at radius 2 is 2.19 bits per heavy atom. The Kier molecular flexibility index (Phi) is 4.69. The number of ether oxygens (including phenoxy) is 1. The summed E-state index contributed by atoms with van der Waals surface area (Å²) in [6.07, 6.45) is 0.112. The molecule has 1 fully saturated rings. The Morgan fingerprint density at radius 1 is 1.33 bits per heavy atom. The van der Waals surface area contributed by atoms with Crippen molar-refractivity contribution < 1.29 is 4.74 Å². The van der Waals surface area contributed by atoms with Crippen LogP contribution in [0.25, 0.3) is 0 Å². The molecule has 6 heteroatoms. The predicted molar refractivity (Wildman–Crippen MR) is 87.0 cm³/mol. The minimum atomic E-state index is 0.112. The summed E-state index contributed by atoms with van der Waals surface area (Å²) in [5.74, 6) is 0.513. The van der Waals surface area contributed by atoms with E-state index in [-0.39, 0.29) is 6.10 Å². The van der Waals surface area contributed by atoms with E-state index in [9.17, 15) is 0 Å². The van der Waals surface area contributed by atoms with Crippen LogP contribution in [0.4, 0.5) is 0 Å². The zero-order chi connectivity index (χ0) is 14.8. The van der Waals surface area contributed by atoms with Gasteiger partial charge in [-0.15, -0.1) is 22.7 Å². The summed E-state index contributed by atoms with van der Waals surface area (Å²) in [6.45, 7) is 9.97. The number of aryl methyl sites for hydroxylation is 1. The van der Waals surface area contributed by atoms with Gasteiger partial charge in [-0.25, -0.2) is 9.97 Å². The molecule has 3 heterocycles. The Balaban J connectivity index is 1.63. The molecule has 1 aliphatic heterocycles. The molecule has 0 radical (unpaired) electrons. The van der Waals surface area contributed by atoms with E-state index in [1.807, 2.05) is 6.92 Å². The fraction of sp³-hybridized carbons (Fsp3) is 0.600. The molecule has 0 aliphatic carbocycles. The van der Waals surface area contributed by atoms with Gasteiger partial charge < -0.3 is 4.74 Å². The molecule has 0 saturated carbocycles. The van der Waals surface area contributed by atoms with Crippen molar-refractivity contribution in [3.8, 4) is 0 Å². The average Bonchev–Trinajstić information content (AvgIpc) is 3.08. The van der Waals surface area contributed by atoms with Crippen LogP contribution in [0.1, 0.15) is 47.3 Å². The first kappa shape index (κ1) is 15.1. The maximum atomic E-state index is 5.88. The third-order valence-corrected chi connectivity index (χ3v) is 5.76. The molecule has 1 saturated heterocycles. The molecular weight excluding hydrogens is 302 g/mol. The van der Waals surface area contributed by atoms with Crippen molar-refractivity contribution in [1.29, 1.82) is 0 Å². The van der Waals surface area contributed by atoms with E-state index in [2.05, 4.69) is 34.5 Å². The summed E-state index contributed by atoms with van der Waals surface area (Å²) in [5.41, 5.74) is 2.26. The second kappa shape index (κ2) is 6.52. The second-order valence-electron chi connectivity index (χ2n) is 5.75. The molecule has 0 aromatic carbocycles. The van der Waals surface area contributed by atoms with E-state index in [4.69, 9.17) is 9.72 Å². The fourth-order valence-corrected chi connectivity index (χ4v) is 4.07. The normalized spacial score (nSPS) is 20.3. The minimum absolute atomic E-state index is 0.112. The first-order valence-electron chi connectivity index (χ1n) is 7.32. The number of aromatic nitrogens is 2. The summed E-state index contributed by atoms with van der Waals surface area (Å²) in [7, 11) is 0. The first-order chi connectivity index (χ1) is 10.1. The third kappa shape index (κ3) is 3.69. The van der Waals surface area contributed by atoms with Gasteiger partial charge in [-0.05, 0) is 6.92 Å². The highest BCUT2D eigenvalue weighted by Crippen LogP contribution is 2.26. The van der Waals surface area contributed by atoms with Gasteiger partial charge in [-0.1, -0.05) is 13.8 Å².